The smallest absolute Gasteiger partial charge is 0.337 e. The molecule has 0 aromatic heterocycles. The first-order chi connectivity index (χ1) is 18.8. The molecular formula is C31H34N2O6. The standard InChI is InChI=1S/C31H34N2O6/c1-20(2)19-29(34)32-22-9-13-24(14-10-22)39-26-17-15-25(16-18-26)38-23-11-7-21(8-12-23)30(35)33-28-6-4-3-5-27(28)31(36)37/h3-8,11-12,15-18,20,22,24H,9-10,13-14,19H2,1-2H3,(H,32,34)(H,33,35)(H,36,37). The monoisotopic (exact) mass is 530 g/mol. The maximum Gasteiger partial charge on any atom is 0.337 e. The summed E-state index contributed by atoms with van der Waals surface area (Å²) in [6.45, 7) is 4.09. The average molecular weight is 531 g/mol. The summed E-state index contributed by atoms with van der Waals surface area (Å²) in [4.78, 5) is 36.0. The molecular weight excluding hydrogens is 496 g/mol. The molecule has 2 amide bonds. The number of carbonyl (C=O) groups excluding carboxylic acids is 2. The second-order valence-electron chi connectivity index (χ2n) is 10.2. The van der Waals surface area contributed by atoms with Gasteiger partial charge in [-0.15, -0.1) is 0 Å². The summed E-state index contributed by atoms with van der Waals surface area (Å²) < 4.78 is 12.0. The van der Waals surface area contributed by atoms with E-state index in [0.717, 1.165) is 31.4 Å². The Hall–Kier alpha value is -4.33. The van der Waals surface area contributed by atoms with Crippen molar-refractivity contribution in [2.24, 2.45) is 5.92 Å². The highest BCUT2D eigenvalue weighted by molar-refractivity contribution is 6.07. The van der Waals surface area contributed by atoms with Crippen LogP contribution in [0.4, 0.5) is 5.69 Å². The van der Waals surface area contributed by atoms with Gasteiger partial charge in [0.25, 0.3) is 5.91 Å². The van der Waals surface area contributed by atoms with Gasteiger partial charge in [-0.2, -0.15) is 0 Å². The van der Waals surface area contributed by atoms with E-state index in [4.69, 9.17) is 9.47 Å². The number of anilines is 1. The molecule has 0 spiro atoms. The number of para-hydroxylation sites is 1. The van der Waals surface area contributed by atoms with Crippen LogP contribution in [0.1, 0.15) is 66.7 Å². The first-order valence-corrected chi connectivity index (χ1v) is 13.2. The Labute approximate surface area is 228 Å². The normalized spacial score (nSPS) is 16.8. The van der Waals surface area contributed by atoms with Crippen LogP contribution in [0.2, 0.25) is 0 Å². The van der Waals surface area contributed by atoms with E-state index < -0.39 is 11.9 Å². The van der Waals surface area contributed by atoms with Crippen LogP contribution in [0, 0.1) is 5.92 Å². The molecule has 204 valence electrons. The molecule has 0 atom stereocenters. The van der Waals surface area contributed by atoms with E-state index in [9.17, 15) is 19.5 Å². The van der Waals surface area contributed by atoms with Gasteiger partial charge in [0.1, 0.15) is 17.2 Å². The maximum atomic E-state index is 12.6. The highest BCUT2D eigenvalue weighted by Crippen LogP contribution is 2.28. The molecule has 0 radical (unpaired) electrons. The third kappa shape index (κ3) is 8.07. The second-order valence-corrected chi connectivity index (χ2v) is 10.2. The number of amides is 2. The van der Waals surface area contributed by atoms with E-state index in [2.05, 4.69) is 10.6 Å². The van der Waals surface area contributed by atoms with Crippen LogP contribution in [-0.2, 0) is 4.79 Å². The molecule has 0 unspecified atom stereocenters. The van der Waals surface area contributed by atoms with E-state index >= 15 is 0 Å². The molecule has 3 aromatic rings. The van der Waals surface area contributed by atoms with Crippen molar-refractivity contribution in [2.75, 3.05) is 5.32 Å². The van der Waals surface area contributed by atoms with Crippen LogP contribution in [0.25, 0.3) is 0 Å². The number of hydrogen-bond acceptors (Lipinski definition) is 5. The highest BCUT2D eigenvalue weighted by atomic mass is 16.5. The van der Waals surface area contributed by atoms with Crippen molar-refractivity contribution in [3.63, 3.8) is 0 Å². The van der Waals surface area contributed by atoms with Crippen LogP contribution >= 0.6 is 0 Å². The molecule has 0 heterocycles. The minimum Gasteiger partial charge on any atom is -0.490 e. The first-order valence-electron chi connectivity index (χ1n) is 13.2. The van der Waals surface area contributed by atoms with Crippen molar-refractivity contribution in [1.82, 2.24) is 5.32 Å². The Bertz CT molecular complexity index is 1280. The van der Waals surface area contributed by atoms with E-state index in [1.54, 1.807) is 42.5 Å². The molecule has 0 saturated heterocycles. The molecule has 1 saturated carbocycles. The third-order valence-electron chi connectivity index (χ3n) is 6.52. The number of hydrogen-bond donors (Lipinski definition) is 3. The van der Waals surface area contributed by atoms with Gasteiger partial charge in [-0.3, -0.25) is 9.59 Å². The zero-order chi connectivity index (χ0) is 27.8. The zero-order valence-corrected chi connectivity index (χ0v) is 22.2. The lowest BCUT2D eigenvalue weighted by molar-refractivity contribution is -0.122. The molecule has 3 N–H and O–H groups in total. The number of ether oxygens (including phenoxy) is 2. The van der Waals surface area contributed by atoms with Crippen molar-refractivity contribution in [1.29, 1.82) is 0 Å². The van der Waals surface area contributed by atoms with Gasteiger partial charge < -0.3 is 25.2 Å². The summed E-state index contributed by atoms with van der Waals surface area (Å²) in [7, 11) is 0. The number of carbonyl (C=O) groups is 3. The van der Waals surface area contributed by atoms with Crippen molar-refractivity contribution >= 4 is 23.5 Å². The fraction of sp³-hybridized carbons (Fsp3) is 0.323. The average Bonchev–Trinajstić information content (AvgIpc) is 2.91. The molecule has 0 aliphatic heterocycles. The van der Waals surface area contributed by atoms with Crippen LogP contribution < -0.4 is 20.1 Å². The largest absolute Gasteiger partial charge is 0.490 e. The lowest BCUT2D eigenvalue weighted by Crippen LogP contribution is -2.40. The number of carboxylic acids is 1. The van der Waals surface area contributed by atoms with Gasteiger partial charge in [-0.05, 0) is 92.3 Å². The molecule has 3 aromatic carbocycles. The van der Waals surface area contributed by atoms with Gasteiger partial charge in [0.05, 0.1) is 17.4 Å². The van der Waals surface area contributed by atoms with Gasteiger partial charge in [-0.1, -0.05) is 26.0 Å². The van der Waals surface area contributed by atoms with Crippen molar-refractivity contribution in [3.8, 4) is 17.2 Å². The molecule has 1 fully saturated rings. The number of benzene rings is 3. The second kappa shape index (κ2) is 13.0. The summed E-state index contributed by atoms with van der Waals surface area (Å²) in [5.41, 5.74) is 0.635. The molecule has 39 heavy (non-hydrogen) atoms. The van der Waals surface area contributed by atoms with Gasteiger partial charge >= 0.3 is 5.97 Å². The lowest BCUT2D eigenvalue weighted by atomic mass is 9.92. The summed E-state index contributed by atoms with van der Waals surface area (Å²) in [5, 5.41) is 15.1. The fourth-order valence-electron chi connectivity index (χ4n) is 4.54. The zero-order valence-electron chi connectivity index (χ0n) is 22.2. The molecule has 8 heteroatoms. The number of nitrogens with one attached hydrogen (secondary N) is 2. The number of aromatic carboxylic acids is 1. The molecule has 1 aliphatic carbocycles. The van der Waals surface area contributed by atoms with Gasteiger partial charge in [0.2, 0.25) is 5.91 Å². The van der Waals surface area contributed by atoms with E-state index in [1.807, 2.05) is 38.1 Å². The molecule has 8 nitrogen and oxygen atoms in total. The van der Waals surface area contributed by atoms with Crippen LogP contribution in [0.5, 0.6) is 17.2 Å². The van der Waals surface area contributed by atoms with Gasteiger partial charge in [0, 0.05) is 18.0 Å². The number of carboxylic acid groups (broad SMARTS) is 1. The first kappa shape index (κ1) is 27.7. The highest BCUT2D eigenvalue weighted by Gasteiger charge is 2.24. The summed E-state index contributed by atoms with van der Waals surface area (Å²) in [5.74, 6) is 0.922. The Balaban J connectivity index is 1.25. The minimum absolute atomic E-state index is 0.0245. The van der Waals surface area contributed by atoms with Crippen molar-refractivity contribution in [3.05, 3.63) is 83.9 Å². The minimum atomic E-state index is -1.11. The van der Waals surface area contributed by atoms with Crippen LogP contribution in [0.15, 0.2) is 72.8 Å². The van der Waals surface area contributed by atoms with Crippen LogP contribution in [-0.4, -0.2) is 35.0 Å². The van der Waals surface area contributed by atoms with Gasteiger partial charge in [-0.25, -0.2) is 4.79 Å². The Morgan fingerprint density at radius 1 is 0.846 bits per heavy atom. The van der Waals surface area contributed by atoms with E-state index in [1.165, 1.54) is 6.07 Å². The molecule has 0 bridgehead atoms. The predicted octanol–water partition coefficient (Wildman–Crippen LogP) is 6.28. The predicted molar refractivity (Wildman–Crippen MR) is 149 cm³/mol. The Kier molecular flexibility index (Phi) is 9.20. The lowest BCUT2D eigenvalue weighted by Gasteiger charge is -2.29. The summed E-state index contributed by atoms with van der Waals surface area (Å²) >= 11 is 0. The quantitative estimate of drug-likeness (QED) is 0.284. The van der Waals surface area contributed by atoms with Crippen molar-refractivity contribution in [2.45, 2.75) is 58.1 Å². The summed E-state index contributed by atoms with van der Waals surface area (Å²) in [6.07, 6.45) is 4.30. The maximum absolute atomic E-state index is 12.6. The van der Waals surface area contributed by atoms with Gasteiger partial charge in [0.15, 0.2) is 0 Å². The topological polar surface area (TPSA) is 114 Å². The fourth-order valence-corrected chi connectivity index (χ4v) is 4.54. The van der Waals surface area contributed by atoms with Crippen molar-refractivity contribution < 1.29 is 29.0 Å². The Morgan fingerprint density at radius 3 is 2.05 bits per heavy atom. The van der Waals surface area contributed by atoms with Crippen LogP contribution in [0.3, 0.4) is 0 Å². The van der Waals surface area contributed by atoms with E-state index in [0.29, 0.717) is 29.4 Å². The summed E-state index contributed by atoms with van der Waals surface area (Å²) in [6, 6.07) is 20.5. The van der Waals surface area contributed by atoms with E-state index in [-0.39, 0.29) is 29.3 Å². The third-order valence-corrected chi connectivity index (χ3v) is 6.52. The Morgan fingerprint density at radius 2 is 1.44 bits per heavy atom. The molecule has 4 rings (SSSR count). The SMILES string of the molecule is CC(C)CC(=O)NC1CCC(Oc2ccc(Oc3ccc(C(=O)Nc4ccccc4C(=O)O)cc3)cc2)CC1. The number of rotatable bonds is 10. The molecule has 1 aliphatic rings.